The van der Waals surface area contributed by atoms with Gasteiger partial charge in [-0.2, -0.15) is 5.10 Å². The molecule has 2 aromatic heterocycles. The zero-order valence-corrected chi connectivity index (χ0v) is 9.25. The molecule has 0 bridgehead atoms. The molecule has 0 unspecified atom stereocenters. The van der Waals surface area contributed by atoms with Crippen LogP contribution in [0.5, 0.6) is 0 Å². The number of methoxy groups -OCH3 is 1. The number of hydrogen-bond acceptors (Lipinski definition) is 6. The van der Waals surface area contributed by atoms with Gasteiger partial charge >= 0.3 is 5.97 Å². The van der Waals surface area contributed by atoms with E-state index in [0.717, 1.165) is 5.82 Å². The van der Waals surface area contributed by atoms with Crippen LogP contribution in [0.25, 0.3) is 0 Å². The second-order valence-corrected chi connectivity index (χ2v) is 3.35. The fourth-order valence-electron chi connectivity index (χ4n) is 1.40. The number of rotatable bonds is 4. The number of esters is 1. The molecular formula is C9H12N6O2. The first-order valence-electron chi connectivity index (χ1n) is 4.95. The standard InChI is InChI=1S/C9H12N6O2/c1-17-9(16)7-8(10)15(5-12-7)3-2-6-11-4-13-14-6/h4-5H,2-3,10H2,1H3,(H,11,13,14). The van der Waals surface area contributed by atoms with Crippen molar-refractivity contribution in [2.75, 3.05) is 12.8 Å². The number of aromatic amines is 1. The number of carbonyl (C=O) groups is 1. The van der Waals surface area contributed by atoms with Crippen LogP contribution >= 0.6 is 0 Å². The molecule has 17 heavy (non-hydrogen) atoms. The molecule has 0 saturated carbocycles. The Balaban J connectivity index is 2.07. The van der Waals surface area contributed by atoms with Crippen LogP contribution in [0.15, 0.2) is 12.7 Å². The molecule has 0 saturated heterocycles. The highest BCUT2D eigenvalue weighted by Crippen LogP contribution is 2.11. The van der Waals surface area contributed by atoms with Crippen molar-refractivity contribution < 1.29 is 9.53 Å². The largest absolute Gasteiger partial charge is 0.464 e. The van der Waals surface area contributed by atoms with Crippen LogP contribution in [0.4, 0.5) is 5.82 Å². The summed E-state index contributed by atoms with van der Waals surface area (Å²) >= 11 is 0. The summed E-state index contributed by atoms with van der Waals surface area (Å²) in [5.74, 6) is 0.495. The number of anilines is 1. The fourth-order valence-corrected chi connectivity index (χ4v) is 1.40. The number of aryl methyl sites for hydroxylation is 2. The molecule has 2 heterocycles. The summed E-state index contributed by atoms with van der Waals surface area (Å²) in [5, 5.41) is 6.48. The Labute approximate surface area is 96.8 Å². The van der Waals surface area contributed by atoms with Crippen molar-refractivity contribution in [2.24, 2.45) is 0 Å². The number of hydrogen-bond donors (Lipinski definition) is 2. The number of aromatic nitrogens is 5. The van der Waals surface area contributed by atoms with Crippen LogP contribution in [-0.4, -0.2) is 37.8 Å². The minimum Gasteiger partial charge on any atom is -0.464 e. The highest BCUT2D eigenvalue weighted by atomic mass is 16.5. The van der Waals surface area contributed by atoms with Gasteiger partial charge < -0.3 is 15.0 Å². The van der Waals surface area contributed by atoms with Crippen LogP contribution in [0, 0.1) is 0 Å². The Hall–Kier alpha value is -2.38. The van der Waals surface area contributed by atoms with Crippen LogP contribution < -0.4 is 5.73 Å². The van der Waals surface area contributed by atoms with Gasteiger partial charge in [-0.05, 0) is 0 Å². The van der Waals surface area contributed by atoms with Crippen molar-refractivity contribution in [3.8, 4) is 0 Å². The predicted molar refractivity (Wildman–Crippen MR) is 58.1 cm³/mol. The third-order valence-electron chi connectivity index (χ3n) is 2.31. The van der Waals surface area contributed by atoms with Crippen molar-refractivity contribution in [3.05, 3.63) is 24.2 Å². The predicted octanol–water partition coefficient (Wildman–Crippen LogP) is -0.387. The molecule has 0 radical (unpaired) electrons. The third-order valence-corrected chi connectivity index (χ3v) is 2.31. The maximum absolute atomic E-state index is 11.3. The number of nitrogen functional groups attached to an aromatic ring is 1. The molecule has 0 aliphatic heterocycles. The van der Waals surface area contributed by atoms with Crippen LogP contribution in [0.1, 0.15) is 16.3 Å². The molecule has 90 valence electrons. The van der Waals surface area contributed by atoms with Gasteiger partial charge in [0.15, 0.2) is 5.69 Å². The topological polar surface area (TPSA) is 112 Å². The van der Waals surface area contributed by atoms with Gasteiger partial charge in [-0.1, -0.05) is 0 Å². The Morgan fingerprint density at radius 3 is 3.06 bits per heavy atom. The maximum Gasteiger partial charge on any atom is 0.360 e. The maximum atomic E-state index is 11.3. The van der Waals surface area contributed by atoms with Crippen LogP contribution in [0.3, 0.4) is 0 Å². The lowest BCUT2D eigenvalue weighted by Crippen LogP contribution is -2.09. The van der Waals surface area contributed by atoms with Gasteiger partial charge in [0.05, 0.1) is 13.4 Å². The van der Waals surface area contributed by atoms with E-state index in [-0.39, 0.29) is 11.5 Å². The number of carbonyl (C=O) groups excluding carboxylic acids is 1. The lowest BCUT2D eigenvalue weighted by Gasteiger charge is -2.03. The van der Waals surface area contributed by atoms with Gasteiger partial charge in [-0.15, -0.1) is 0 Å². The minimum atomic E-state index is -0.541. The zero-order chi connectivity index (χ0) is 12.3. The molecule has 2 rings (SSSR count). The highest BCUT2D eigenvalue weighted by molar-refractivity contribution is 5.91. The van der Waals surface area contributed by atoms with Crippen molar-refractivity contribution in [1.82, 2.24) is 24.7 Å². The highest BCUT2D eigenvalue weighted by Gasteiger charge is 2.15. The van der Waals surface area contributed by atoms with Crippen molar-refractivity contribution >= 4 is 11.8 Å². The second-order valence-electron chi connectivity index (χ2n) is 3.35. The van der Waals surface area contributed by atoms with E-state index in [1.54, 1.807) is 4.57 Å². The average molecular weight is 236 g/mol. The molecular weight excluding hydrogens is 224 g/mol. The molecule has 0 aromatic carbocycles. The summed E-state index contributed by atoms with van der Waals surface area (Å²) in [4.78, 5) is 19.2. The molecule has 8 nitrogen and oxygen atoms in total. The molecule has 0 aliphatic rings. The van der Waals surface area contributed by atoms with E-state index in [1.165, 1.54) is 19.8 Å². The van der Waals surface area contributed by atoms with Crippen molar-refractivity contribution in [1.29, 1.82) is 0 Å². The fraction of sp³-hybridized carbons (Fsp3) is 0.333. The minimum absolute atomic E-state index is 0.130. The smallest absolute Gasteiger partial charge is 0.360 e. The van der Waals surface area contributed by atoms with Gasteiger partial charge in [0.2, 0.25) is 0 Å². The number of imidazole rings is 1. The number of H-pyrrole nitrogens is 1. The SMILES string of the molecule is COC(=O)c1ncn(CCc2ncn[nH]2)c1N. The third kappa shape index (κ3) is 2.25. The molecule has 8 heteroatoms. The number of nitrogens with zero attached hydrogens (tertiary/aromatic N) is 4. The van der Waals surface area contributed by atoms with Crippen LogP contribution in [-0.2, 0) is 17.7 Å². The molecule has 0 aliphatic carbocycles. The van der Waals surface area contributed by atoms with Gasteiger partial charge in [0, 0.05) is 13.0 Å². The summed E-state index contributed by atoms with van der Waals surface area (Å²) in [6, 6.07) is 0. The average Bonchev–Trinajstić information content (AvgIpc) is 2.95. The van der Waals surface area contributed by atoms with Crippen molar-refractivity contribution in [2.45, 2.75) is 13.0 Å². The summed E-state index contributed by atoms with van der Waals surface area (Å²) in [7, 11) is 1.29. The summed E-state index contributed by atoms with van der Waals surface area (Å²) in [5.41, 5.74) is 5.90. The van der Waals surface area contributed by atoms with E-state index in [2.05, 4.69) is 24.9 Å². The number of nitrogens with two attached hydrogens (primary N) is 1. The second kappa shape index (κ2) is 4.64. The molecule has 3 N–H and O–H groups in total. The van der Waals surface area contributed by atoms with E-state index in [0.29, 0.717) is 13.0 Å². The molecule has 0 atom stereocenters. The van der Waals surface area contributed by atoms with Gasteiger partial charge in [-0.25, -0.2) is 14.8 Å². The van der Waals surface area contributed by atoms with E-state index < -0.39 is 5.97 Å². The molecule has 0 fully saturated rings. The van der Waals surface area contributed by atoms with Crippen molar-refractivity contribution in [3.63, 3.8) is 0 Å². The van der Waals surface area contributed by atoms with E-state index in [9.17, 15) is 4.79 Å². The monoisotopic (exact) mass is 236 g/mol. The first-order chi connectivity index (χ1) is 8.22. The Morgan fingerprint density at radius 1 is 1.59 bits per heavy atom. The first-order valence-corrected chi connectivity index (χ1v) is 4.95. The Bertz CT molecular complexity index is 504. The van der Waals surface area contributed by atoms with Gasteiger partial charge in [-0.3, -0.25) is 5.10 Å². The molecule has 2 aromatic rings. The summed E-state index contributed by atoms with van der Waals surface area (Å²) in [6.45, 7) is 0.561. The Kier molecular flexibility index (Phi) is 3.03. The van der Waals surface area contributed by atoms with E-state index >= 15 is 0 Å². The van der Waals surface area contributed by atoms with Gasteiger partial charge in [0.1, 0.15) is 18.0 Å². The summed E-state index contributed by atoms with van der Waals surface area (Å²) in [6.07, 6.45) is 3.56. The molecule has 0 spiro atoms. The lowest BCUT2D eigenvalue weighted by atomic mass is 10.4. The zero-order valence-electron chi connectivity index (χ0n) is 9.25. The Morgan fingerprint density at radius 2 is 2.41 bits per heavy atom. The van der Waals surface area contributed by atoms with E-state index in [4.69, 9.17) is 5.73 Å². The number of ether oxygens (including phenoxy) is 1. The van der Waals surface area contributed by atoms with Gasteiger partial charge in [0.25, 0.3) is 0 Å². The molecule has 0 amide bonds. The normalized spacial score (nSPS) is 10.4. The summed E-state index contributed by atoms with van der Waals surface area (Å²) < 4.78 is 6.22. The van der Waals surface area contributed by atoms with Crippen LogP contribution in [0.2, 0.25) is 0 Å². The lowest BCUT2D eigenvalue weighted by molar-refractivity contribution is 0.0596. The number of nitrogens with one attached hydrogen (secondary N) is 1. The quantitative estimate of drug-likeness (QED) is 0.699. The van der Waals surface area contributed by atoms with E-state index in [1.807, 2.05) is 0 Å². The first kappa shape index (κ1) is 11.1.